The Morgan fingerprint density at radius 2 is 1.77 bits per heavy atom. The van der Waals surface area contributed by atoms with Gasteiger partial charge in [-0.25, -0.2) is 0 Å². The number of methoxy groups -OCH3 is 1. The van der Waals surface area contributed by atoms with Crippen molar-refractivity contribution in [2.75, 3.05) is 45.8 Å². The van der Waals surface area contributed by atoms with Crippen molar-refractivity contribution in [2.45, 2.75) is 26.3 Å². The number of nitrogens with zero attached hydrogens (tertiary/aromatic N) is 3. The van der Waals surface area contributed by atoms with Crippen molar-refractivity contribution in [3.8, 4) is 11.6 Å². The Kier molecular flexibility index (Phi) is 8.22. The molecule has 0 aliphatic heterocycles. The highest BCUT2D eigenvalue weighted by Crippen LogP contribution is 2.20. The normalized spacial score (nSPS) is 10.8. The summed E-state index contributed by atoms with van der Waals surface area (Å²) < 4.78 is 11.0. The van der Waals surface area contributed by atoms with Crippen LogP contribution >= 0.6 is 0 Å². The Morgan fingerprint density at radius 1 is 1.00 bits per heavy atom. The first-order valence-corrected chi connectivity index (χ1v) is 9.25. The van der Waals surface area contributed by atoms with E-state index in [2.05, 4.69) is 43.0 Å². The molecule has 1 aromatic heterocycles. The highest BCUT2D eigenvalue weighted by Gasteiger charge is 2.11. The van der Waals surface area contributed by atoms with Gasteiger partial charge in [-0.3, -0.25) is 0 Å². The molecule has 0 radical (unpaired) electrons. The maximum absolute atomic E-state index is 5.78. The zero-order valence-corrected chi connectivity index (χ0v) is 16.4. The van der Waals surface area contributed by atoms with E-state index in [0.717, 1.165) is 44.0 Å². The van der Waals surface area contributed by atoms with Crippen LogP contribution in [0, 0.1) is 0 Å². The second-order valence-electron chi connectivity index (χ2n) is 6.61. The maximum Gasteiger partial charge on any atom is 0.215 e. The average molecular weight is 357 g/mol. The lowest BCUT2D eigenvalue weighted by atomic mass is 10.2. The maximum atomic E-state index is 5.78. The van der Waals surface area contributed by atoms with E-state index in [9.17, 15) is 0 Å². The second kappa shape index (κ2) is 10.7. The lowest BCUT2D eigenvalue weighted by Gasteiger charge is -2.26. The smallest absolute Gasteiger partial charge is 0.215 e. The van der Waals surface area contributed by atoms with Crippen LogP contribution in [0.1, 0.15) is 25.3 Å². The molecule has 142 valence electrons. The molecule has 5 nitrogen and oxygen atoms in total. The molecular formula is C21H31N3O2. The zero-order valence-electron chi connectivity index (χ0n) is 16.4. The minimum absolute atomic E-state index is 0.695. The zero-order chi connectivity index (χ0) is 18.8. The predicted octanol–water partition coefficient (Wildman–Crippen LogP) is 3.84. The van der Waals surface area contributed by atoms with Crippen molar-refractivity contribution in [1.82, 2.24) is 9.88 Å². The fraction of sp³-hybridized carbons (Fsp3) is 0.476. The Hall–Kier alpha value is -2.27. The number of pyridine rings is 1. The molecule has 2 rings (SSSR count). The Balaban J connectivity index is 2.13. The first kappa shape index (κ1) is 20.0. The summed E-state index contributed by atoms with van der Waals surface area (Å²) in [4.78, 5) is 9.18. The van der Waals surface area contributed by atoms with Gasteiger partial charge >= 0.3 is 0 Å². The van der Waals surface area contributed by atoms with Gasteiger partial charge in [0.15, 0.2) is 0 Å². The number of likely N-dealkylation sites (N-methyl/N-ethyl adjacent to an activating group) is 1. The summed E-state index contributed by atoms with van der Waals surface area (Å²) in [6.07, 6.45) is 2.16. The Labute approximate surface area is 157 Å². The molecule has 0 atom stereocenters. The molecule has 0 aliphatic carbocycles. The number of anilines is 1. The molecule has 5 heteroatoms. The van der Waals surface area contributed by atoms with Crippen LogP contribution in [0.5, 0.6) is 11.6 Å². The van der Waals surface area contributed by atoms with Gasteiger partial charge in [0.25, 0.3) is 0 Å². The highest BCUT2D eigenvalue weighted by atomic mass is 16.5. The number of aromatic nitrogens is 1. The van der Waals surface area contributed by atoms with Crippen LogP contribution in [0.3, 0.4) is 0 Å². The van der Waals surface area contributed by atoms with Crippen LogP contribution in [0.15, 0.2) is 42.5 Å². The molecule has 1 aromatic carbocycles. The van der Waals surface area contributed by atoms with E-state index in [4.69, 9.17) is 14.5 Å². The van der Waals surface area contributed by atoms with Crippen LogP contribution in [-0.4, -0.2) is 50.8 Å². The molecule has 0 unspecified atom stereocenters. The number of ether oxygens (including phenoxy) is 2. The summed E-state index contributed by atoms with van der Waals surface area (Å²) in [6, 6.07) is 14.2. The first-order valence-electron chi connectivity index (χ1n) is 9.25. The molecule has 0 N–H and O–H groups in total. The molecule has 0 fully saturated rings. The van der Waals surface area contributed by atoms with Crippen LogP contribution in [0.2, 0.25) is 0 Å². The number of rotatable bonds is 11. The largest absolute Gasteiger partial charge is 0.497 e. The van der Waals surface area contributed by atoms with Gasteiger partial charge in [0, 0.05) is 25.7 Å². The van der Waals surface area contributed by atoms with Gasteiger partial charge < -0.3 is 19.3 Å². The Morgan fingerprint density at radius 3 is 2.42 bits per heavy atom. The quantitative estimate of drug-likeness (QED) is 0.571. The van der Waals surface area contributed by atoms with E-state index in [1.54, 1.807) is 7.11 Å². The van der Waals surface area contributed by atoms with E-state index < -0.39 is 0 Å². The third kappa shape index (κ3) is 6.56. The standard InChI is InChI=1S/C21H31N3O2/c1-5-6-16-26-21-9-7-8-20(22-21)24(15-14-23(2)3)17-18-10-12-19(25-4)13-11-18/h7-13H,5-6,14-17H2,1-4H3. The lowest BCUT2D eigenvalue weighted by Crippen LogP contribution is -2.32. The topological polar surface area (TPSA) is 37.8 Å². The highest BCUT2D eigenvalue weighted by molar-refractivity contribution is 5.42. The van der Waals surface area contributed by atoms with Gasteiger partial charge in [0.2, 0.25) is 5.88 Å². The molecular weight excluding hydrogens is 326 g/mol. The molecule has 1 heterocycles. The fourth-order valence-electron chi connectivity index (χ4n) is 2.53. The van der Waals surface area contributed by atoms with Gasteiger partial charge in [-0.05, 0) is 44.3 Å². The number of benzene rings is 1. The summed E-state index contributed by atoms with van der Waals surface area (Å²) in [5.74, 6) is 2.51. The molecule has 26 heavy (non-hydrogen) atoms. The van der Waals surface area contributed by atoms with E-state index in [0.29, 0.717) is 12.5 Å². The first-order chi connectivity index (χ1) is 12.6. The molecule has 0 bridgehead atoms. The van der Waals surface area contributed by atoms with Crippen LogP contribution in [0.25, 0.3) is 0 Å². The SMILES string of the molecule is CCCCOc1cccc(N(CCN(C)C)Cc2ccc(OC)cc2)n1. The molecule has 0 amide bonds. The van der Waals surface area contributed by atoms with Gasteiger partial charge in [-0.15, -0.1) is 0 Å². The van der Waals surface area contributed by atoms with Crippen molar-refractivity contribution in [1.29, 1.82) is 0 Å². The van der Waals surface area contributed by atoms with E-state index in [-0.39, 0.29) is 0 Å². The average Bonchev–Trinajstić information content (AvgIpc) is 2.66. The minimum Gasteiger partial charge on any atom is -0.497 e. The van der Waals surface area contributed by atoms with Gasteiger partial charge in [-0.2, -0.15) is 4.98 Å². The van der Waals surface area contributed by atoms with Crippen LogP contribution in [-0.2, 0) is 6.54 Å². The molecule has 0 spiro atoms. The summed E-state index contributed by atoms with van der Waals surface area (Å²) >= 11 is 0. The summed E-state index contributed by atoms with van der Waals surface area (Å²) in [6.45, 7) is 5.51. The molecule has 2 aromatic rings. The van der Waals surface area contributed by atoms with Crippen molar-refractivity contribution in [3.63, 3.8) is 0 Å². The Bertz CT molecular complexity index is 644. The van der Waals surface area contributed by atoms with E-state index in [1.165, 1.54) is 5.56 Å². The van der Waals surface area contributed by atoms with Crippen LogP contribution < -0.4 is 14.4 Å². The van der Waals surface area contributed by atoms with Crippen molar-refractivity contribution in [3.05, 3.63) is 48.0 Å². The number of hydrogen-bond donors (Lipinski definition) is 0. The number of unbranched alkanes of at least 4 members (excludes halogenated alkanes) is 1. The van der Waals surface area contributed by atoms with Gasteiger partial charge in [-0.1, -0.05) is 31.5 Å². The third-order valence-electron chi connectivity index (χ3n) is 4.13. The monoisotopic (exact) mass is 357 g/mol. The van der Waals surface area contributed by atoms with E-state index in [1.807, 2.05) is 30.3 Å². The lowest BCUT2D eigenvalue weighted by molar-refractivity contribution is 0.298. The summed E-state index contributed by atoms with van der Waals surface area (Å²) in [5, 5.41) is 0. The summed E-state index contributed by atoms with van der Waals surface area (Å²) in [7, 11) is 5.86. The third-order valence-corrected chi connectivity index (χ3v) is 4.13. The van der Waals surface area contributed by atoms with Crippen LogP contribution in [0.4, 0.5) is 5.82 Å². The van der Waals surface area contributed by atoms with Crippen molar-refractivity contribution >= 4 is 5.82 Å². The van der Waals surface area contributed by atoms with Crippen molar-refractivity contribution < 1.29 is 9.47 Å². The van der Waals surface area contributed by atoms with Crippen molar-refractivity contribution in [2.24, 2.45) is 0 Å². The predicted molar refractivity (Wildman–Crippen MR) is 107 cm³/mol. The van der Waals surface area contributed by atoms with Gasteiger partial charge in [0.1, 0.15) is 11.6 Å². The molecule has 0 saturated carbocycles. The molecule has 0 aliphatic rings. The van der Waals surface area contributed by atoms with Gasteiger partial charge in [0.05, 0.1) is 13.7 Å². The second-order valence-corrected chi connectivity index (χ2v) is 6.61. The summed E-state index contributed by atoms with van der Waals surface area (Å²) in [5.41, 5.74) is 1.23. The molecule has 0 saturated heterocycles. The van der Waals surface area contributed by atoms with E-state index >= 15 is 0 Å². The minimum atomic E-state index is 0.695. The number of hydrogen-bond acceptors (Lipinski definition) is 5. The fourth-order valence-corrected chi connectivity index (χ4v) is 2.53.